The summed E-state index contributed by atoms with van der Waals surface area (Å²) in [5.41, 5.74) is 2.47. The van der Waals surface area contributed by atoms with Gasteiger partial charge in [0.25, 0.3) is 0 Å². The van der Waals surface area contributed by atoms with E-state index in [2.05, 4.69) is 101 Å². The number of aromatic nitrogens is 3. The molecule has 1 aromatic heterocycles. The average Bonchev–Trinajstić information content (AvgIpc) is 3.48. The first-order valence-electron chi connectivity index (χ1n) is 14.8. The minimum atomic E-state index is 0.243. The van der Waals surface area contributed by atoms with Crippen LogP contribution in [-0.2, 0) is 0 Å². The maximum Gasteiger partial charge on any atom is 0.136 e. The second kappa shape index (κ2) is 12.5. The summed E-state index contributed by atoms with van der Waals surface area (Å²) in [7, 11) is 4.01. The van der Waals surface area contributed by atoms with Gasteiger partial charge in [-0.05, 0) is 96.2 Å². The lowest BCUT2D eigenvalue weighted by Gasteiger charge is -2.36. The van der Waals surface area contributed by atoms with Gasteiger partial charge in [0, 0.05) is 49.4 Å². The maximum absolute atomic E-state index is 6.23. The van der Waals surface area contributed by atoms with Gasteiger partial charge >= 0.3 is 0 Å². The molecule has 4 atom stereocenters. The Hall–Kier alpha value is -2.90. The summed E-state index contributed by atoms with van der Waals surface area (Å²) in [5.74, 6) is 3.52. The molecule has 0 bridgehead atoms. The molecule has 2 aliphatic rings. The molecule has 210 valence electrons. The highest BCUT2D eigenvalue weighted by molar-refractivity contribution is 5.45. The van der Waals surface area contributed by atoms with Gasteiger partial charge in [0.15, 0.2) is 0 Å². The largest absolute Gasteiger partial charge is 0.490 e. The van der Waals surface area contributed by atoms with Gasteiger partial charge < -0.3 is 19.9 Å². The van der Waals surface area contributed by atoms with Crippen molar-refractivity contribution in [1.82, 2.24) is 25.0 Å². The van der Waals surface area contributed by atoms with E-state index in [9.17, 15) is 0 Å². The van der Waals surface area contributed by atoms with Crippen LogP contribution >= 0.6 is 0 Å². The molecule has 2 heterocycles. The lowest BCUT2D eigenvalue weighted by atomic mass is 9.81. The molecule has 2 fully saturated rings. The van der Waals surface area contributed by atoms with E-state index in [0.717, 1.165) is 55.3 Å². The zero-order valence-electron chi connectivity index (χ0n) is 24.3. The lowest BCUT2D eigenvalue weighted by molar-refractivity contribution is 0.0923. The van der Waals surface area contributed by atoms with Crippen molar-refractivity contribution in [2.45, 2.75) is 95.5 Å². The first kappa shape index (κ1) is 27.7. The fraction of sp³-hybridized carbons (Fsp3) is 0.562. The number of likely N-dealkylation sites (tertiary alicyclic amines) is 1. The molecule has 3 aromatic rings. The van der Waals surface area contributed by atoms with Gasteiger partial charge in [-0.2, -0.15) is 0 Å². The normalized spacial score (nSPS) is 24.7. The van der Waals surface area contributed by atoms with Crippen LogP contribution in [0.2, 0.25) is 0 Å². The van der Waals surface area contributed by atoms with Crippen molar-refractivity contribution in [1.29, 1.82) is 0 Å². The number of nitrogens with one attached hydrogen (secondary N) is 2. The summed E-state index contributed by atoms with van der Waals surface area (Å²) in [6, 6.07) is 21.0. The quantitative estimate of drug-likeness (QED) is 0.295. The molecule has 39 heavy (non-hydrogen) atoms. The van der Waals surface area contributed by atoms with Crippen LogP contribution in [0.1, 0.15) is 87.6 Å². The van der Waals surface area contributed by atoms with Crippen molar-refractivity contribution in [3.05, 3.63) is 71.8 Å². The molecule has 5 rings (SSSR count). The highest BCUT2D eigenvalue weighted by atomic mass is 16.5. The predicted octanol–water partition coefficient (Wildman–Crippen LogP) is 6.11. The lowest BCUT2D eigenvalue weighted by Crippen LogP contribution is -2.38. The third-order valence-corrected chi connectivity index (χ3v) is 9.03. The first-order chi connectivity index (χ1) is 19.0. The summed E-state index contributed by atoms with van der Waals surface area (Å²) in [6.45, 7) is 7.98. The highest BCUT2D eigenvalue weighted by Gasteiger charge is 2.38. The number of nitrogens with zero attached hydrogens (tertiary/aromatic N) is 4. The molecule has 7 nitrogen and oxygen atoms in total. The second-order valence-corrected chi connectivity index (χ2v) is 11.6. The summed E-state index contributed by atoms with van der Waals surface area (Å²) < 4.78 is 8.65. The van der Waals surface area contributed by atoms with Crippen LogP contribution in [0.25, 0.3) is 0 Å². The van der Waals surface area contributed by atoms with Crippen molar-refractivity contribution in [2.75, 3.05) is 26.0 Å². The molecule has 1 saturated carbocycles. The minimum Gasteiger partial charge on any atom is -0.490 e. The van der Waals surface area contributed by atoms with Gasteiger partial charge in [-0.3, -0.25) is 4.90 Å². The smallest absolute Gasteiger partial charge is 0.136 e. The molecular formula is C32H46N6O. The van der Waals surface area contributed by atoms with Crippen LogP contribution in [0.4, 0.5) is 5.69 Å². The fourth-order valence-corrected chi connectivity index (χ4v) is 6.70. The Labute approximate surface area is 234 Å². The molecular weight excluding hydrogens is 484 g/mol. The Morgan fingerprint density at radius 3 is 2.44 bits per heavy atom. The third-order valence-electron chi connectivity index (χ3n) is 9.03. The molecule has 1 saturated heterocycles. The van der Waals surface area contributed by atoms with E-state index in [1.54, 1.807) is 0 Å². The third kappa shape index (κ3) is 6.30. The Morgan fingerprint density at radius 1 is 1.00 bits per heavy atom. The number of hydrogen-bond donors (Lipinski definition) is 2. The molecule has 2 aromatic carbocycles. The zero-order valence-corrected chi connectivity index (χ0v) is 24.3. The molecule has 7 heteroatoms. The SMILES string of the molecule is CNc1ccc(OC2CC(c3nnc(C)n3C(C)CC3CCC(C)N3CCC(NC)c3ccccc3)C2)cc1. The Kier molecular flexibility index (Phi) is 8.88. The van der Waals surface area contributed by atoms with Crippen LogP contribution in [0.15, 0.2) is 54.6 Å². The van der Waals surface area contributed by atoms with Gasteiger partial charge in [0.2, 0.25) is 0 Å². The summed E-state index contributed by atoms with van der Waals surface area (Å²) in [5, 5.41) is 15.9. The summed E-state index contributed by atoms with van der Waals surface area (Å²) >= 11 is 0. The van der Waals surface area contributed by atoms with E-state index in [1.165, 1.54) is 18.4 Å². The standard InChI is InChI=1S/C32H46N6O/c1-22-11-14-28(37(22)18-17-31(34-5)25-9-7-6-8-10-25)19-23(2)38-24(3)35-36-32(38)26-20-30(21-26)39-29-15-12-27(33-4)13-16-29/h6-10,12-13,15-16,22-23,26,28,30-31,33-34H,11,14,17-21H2,1-5H3. The van der Waals surface area contributed by atoms with Crippen LogP contribution in [-0.4, -0.2) is 58.5 Å². The Bertz CT molecular complexity index is 1170. The molecule has 1 aliphatic carbocycles. The number of benzene rings is 2. The van der Waals surface area contributed by atoms with Crippen molar-refractivity contribution in [2.24, 2.45) is 0 Å². The van der Waals surface area contributed by atoms with E-state index < -0.39 is 0 Å². The van der Waals surface area contributed by atoms with Crippen LogP contribution in [0.5, 0.6) is 5.75 Å². The zero-order chi connectivity index (χ0) is 27.4. The Balaban J connectivity index is 1.18. The van der Waals surface area contributed by atoms with Gasteiger partial charge in [0.1, 0.15) is 23.5 Å². The van der Waals surface area contributed by atoms with E-state index in [1.807, 2.05) is 19.2 Å². The first-order valence-corrected chi connectivity index (χ1v) is 14.8. The molecule has 0 amide bonds. The summed E-state index contributed by atoms with van der Waals surface area (Å²) in [6.07, 6.45) is 7.03. The summed E-state index contributed by atoms with van der Waals surface area (Å²) in [4.78, 5) is 2.76. The number of hydrogen-bond acceptors (Lipinski definition) is 6. The topological polar surface area (TPSA) is 67.2 Å². The Morgan fingerprint density at radius 2 is 1.74 bits per heavy atom. The molecule has 1 aliphatic heterocycles. The van der Waals surface area contributed by atoms with E-state index in [4.69, 9.17) is 4.74 Å². The van der Waals surface area contributed by atoms with Crippen LogP contribution in [0.3, 0.4) is 0 Å². The fourth-order valence-electron chi connectivity index (χ4n) is 6.70. The molecule has 2 N–H and O–H groups in total. The van der Waals surface area contributed by atoms with Gasteiger partial charge in [-0.25, -0.2) is 0 Å². The van der Waals surface area contributed by atoms with E-state index in [-0.39, 0.29) is 6.10 Å². The van der Waals surface area contributed by atoms with Crippen molar-refractivity contribution in [3.8, 4) is 5.75 Å². The molecule has 0 radical (unpaired) electrons. The van der Waals surface area contributed by atoms with Crippen LogP contribution < -0.4 is 15.4 Å². The second-order valence-electron chi connectivity index (χ2n) is 11.6. The van der Waals surface area contributed by atoms with Crippen molar-refractivity contribution in [3.63, 3.8) is 0 Å². The van der Waals surface area contributed by atoms with Crippen molar-refractivity contribution < 1.29 is 4.74 Å². The van der Waals surface area contributed by atoms with Crippen LogP contribution in [0, 0.1) is 6.92 Å². The minimum absolute atomic E-state index is 0.243. The van der Waals surface area contributed by atoms with Gasteiger partial charge in [-0.1, -0.05) is 30.3 Å². The molecule has 0 spiro atoms. The number of anilines is 1. The van der Waals surface area contributed by atoms with Crippen molar-refractivity contribution >= 4 is 5.69 Å². The highest BCUT2D eigenvalue weighted by Crippen LogP contribution is 2.40. The predicted molar refractivity (Wildman–Crippen MR) is 159 cm³/mol. The van der Waals surface area contributed by atoms with Gasteiger partial charge in [-0.15, -0.1) is 10.2 Å². The number of aryl methyl sites for hydroxylation is 1. The van der Waals surface area contributed by atoms with Gasteiger partial charge in [0.05, 0.1) is 0 Å². The maximum atomic E-state index is 6.23. The number of ether oxygens (including phenoxy) is 1. The monoisotopic (exact) mass is 530 g/mol. The average molecular weight is 531 g/mol. The number of rotatable bonds is 12. The van der Waals surface area contributed by atoms with E-state index in [0.29, 0.717) is 30.1 Å². The molecule has 4 unspecified atom stereocenters. The van der Waals surface area contributed by atoms with E-state index >= 15 is 0 Å².